The molecule has 2 aromatic carbocycles. The maximum atomic E-state index is 9.34. The summed E-state index contributed by atoms with van der Waals surface area (Å²) in [5, 5.41) is 12.7. The molecular weight excluding hydrogens is 262 g/mol. The number of phenols is 1. The quantitative estimate of drug-likeness (QED) is 0.883. The molecule has 21 heavy (non-hydrogen) atoms. The normalized spacial score (nSPS) is 14.4. The van der Waals surface area contributed by atoms with E-state index in [9.17, 15) is 5.11 Å². The predicted molar refractivity (Wildman–Crippen MR) is 86.7 cm³/mol. The molecule has 106 valence electrons. The van der Waals surface area contributed by atoms with Crippen molar-refractivity contribution in [2.24, 2.45) is 4.99 Å². The Labute approximate surface area is 124 Å². The van der Waals surface area contributed by atoms with Gasteiger partial charge in [-0.05, 0) is 43.3 Å². The third-order valence-corrected chi connectivity index (χ3v) is 3.32. The smallest absolute Gasteiger partial charge is 0.131 e. The second-order valence-corrected chi connectivity index (χ2v) is 4.94. The van der Waals surface area contributed by atoms with E-state index < -0.39 is 0 Å². The van der Waals surface area contributed by atoms with Crippen molar-refractivity contribution in [3.63, 3.8) is 0 Å². The highest BCUT2D eigenvalue weighted by Gasteiger charge is 2.13. The molecule has 0 unspecified atom stereocenters. The Hall–Kier alpha value is -2.75. The molecule has 2 aromatic rings. The lowest BCUT2D eigenvalue weighted by atomic mass is 10.2. The van der Waals surface area contributed by atoms with Crippen LogP contribution in [0.15, 0.2) is 71.4 Å². The summed E-state index contributed by atoms with van der Waals surface area (Å²) in [5.74, 6) is 1.16. The number of hydrogen-bond acceptors (Lipinski definition) is 4. The van der Waals surface area contributed by atoms with Gasteiger partial charge in [-0.1, -0.05) is 18.2 Å². The molecule has 3 rings (SSSR count). The molecule has 2 N–H and O–H groups in total. The third kappa shape index (κ3) is 3.05. The summed E-state index contributed by atoms with van der Waals surface area (Å²) in [6.07, 6.45) is 2.06. The molecule has 0 atom stereocenters. The zero-order chi connectivity index (χ0) is 14.7. The van der Waals surface area contributed by atoms with Gasteiger partial charge in [0.2, 0.25) is 0 Å². The van der Waals surface area contributed by atoms with Gasteiger partial charge in [0.15, 0.2) is 0 Å². The van der Waals surface area contributed by atoms with Crippen LogP contribution in [0.3, 0.4) is 0 Å². The number of rotatable bonds is 2. The highest BCUT2D eigenvalue weighted by atomic mass is 16.3. The summed E-state index contributed by atoms with van der Waals surface area (Å²) in [6, 6.07) is 17.1. The molecule has 0 saturated heterocycles. The average Bonchev–Trinajstić information content (AvgIpc) is 2.51. The first-order valence-electron chi connectivity index (χ1n) is 6.83. The number of para-hydroxylation sites is 1. The molecule has 1 aliphatic rings. The first-order valence-corrected chi connectivity index (χ1v) is 6.83. The standard InChI is InChI=1S/C17H17N3O/c1-13-11-20(15-7-9-16(21)10-8-15)12-18-17(13)19-14-5-3-2-4-6-14/h2-11,21H,12H2,1H3,(H,18,19). The molecular formula is C17H17N3O. The number of nitrogens with zero attached hydrogens (tertiary/aromatic N) is 2. The number of benzene rings is 2. The van der Waals surface area contributed by atoms with Crippen molar-refractivity contribution in [2.75, 3.05) is 16.9 Å². The van der Waals surface area contributed by atoms with E-state index in [4.69, 9.17) is 0 Å². The Balaban J connectivity index is 1.74. The highest BCUT2D eigenvalue weighted by molar-refractivity contribution is 6.08. The summed E-state index contributed by atoms with van der Waals surface area (Å²) < 4.78 is 0. The van der Waals surface area contributed by atoms with Gasteiger partial charge in [0.25, 0.3) is 0 Å². The maximum Gasteiger partial charge on any atom is 0.131 e. The first-order chi connectivity index (χ1) is 10.2. The molecule has 1 aliphatic heterocycles. The molecule has 0 aromatic heterocycles. The number of hydrogen-bond donors (Lipinski definition) is 2. The molecule has 1 heterocycles. The monoisotopic (exact) mass is 279 g/mol. The minimum atomic E-state index is 0.270. The van der Waals surface area contributed by atoms with Crippen LogP contribution < -0.4 is 10.2 Å². The van der Waals surface area contributed by atoms with E-state index in [1.807, 2.05) is 54.3 Å². The van der Waals surface area contributed by atoms with Gasteiger partial charge in [-0.2, -0.15) is 0 Å². The highest BCUT2D eigenvalue weighted by Crippen LogP contribution is 2.22. The van der Waals surface area contributed by atoms with E-state index in [0.29, 0.717) is 6.67 Å². The number of phenolic OH excluding ortho intramolecular Hbond substituents is 1. The van der Waals surface area contributed by atoms with Crippen LogP contribution in [0.5, 0.6) is 5.75 Å². The van der Waals surface area contributed by atoms with Crippen LogP contribution in [0.2, 0.25) is 0 Å². The minimum absolute atomic E-state index is 0.270. The van der Waals surface area contributed by atoms with Gasteiger partial charge in [0.05, 0.1) is 0 Å². The van der Waals surface area contributed by atoms with E-state index >= 15 is 0 Å². The van der Waals surface area contributed by atoms with Crippen molar-refractivity contribution in [1.29, 1.82) is 0 Å². The number of nitrogens with one attached hydrogen (secondary N) is 1. The summed E-state index contributed by atoms with van der Waals surface area (Å²) in [6.45, 7) is 2.58. The molecule has 0 saturated carbocycles. The summed E-state index contributed by atoms with van der Waals surface area (Å²) >= 11 is 0. The Bertz CT molecular complexity index is 675. The second-order valence-electron chi connectivity index (χ2n) is 4.94. The van der Waals surface area contributed by atoms with E-state index in [-0.39, 0.29) is 5.75 Å². The first kappa shape index (κ1) is 13.2. The molecule has 0 spiro atoms. The van der Waals surface area contributed by atoms with Crippen LogP contribution in [0.1, 0.15) is 6.92 Å². The van der Waals surface area contributed by atoms with E-state index in [0.717, 1.165) is 22.8 Å². The van der Waals surface area contributed by atoms with Gasteiger partial charge in [-0.25, -0.2) is 4.99 Å². The van der Waals surface area contributed by atoms with Crippen LogP contribution in [0, 0.1) is 0 Å². The Morgan fingerprint density at radius 2 is 1.76 bits per heavy atom. The lowest BCUT2D eigenvalue weighted by molar-refractivity contribution is 0.475. The molecule has 0 bridgehead atoms. The maximum absolute atomic E-state index is 9.34. The fraction of sp³-hybridized carbons (Fsp3) is 0.118. The van der Waals surface area contributed by atoms with E-state index in [2.05, 4.69) is 16.5 Å². The number of aliphatic imine (C=N–C) groups is 1. The lowest BCUT2D eigenvalue weighted by Gasteiger charge is -2.25. The van der Waals surface area contributed by atoms with Crippen LogP contribution in [0.4, 0.5) is 11.4 Å². The van der Waals surface area contributed by atoms with Gasteiger partial charge in [0.1, 0.15) is 18.3 Å². The van der Waals surface area contributed by atoms with Gasteiger partial charge >= 0.3 is 0 Å². The predicted octanol–water partition coefficient (Wildman–Crippen LogP) is 3.58. The zero-order valence-corrected chi connectivity index (χ0v) is 11.8. The number of anilines is 2. The molecule has 0 fully saturated rings. The van der Waals surface area contributed by atoms with E-state index in [1.54, 1.807) is 12.1 Å². The SMILES string of the molecule is CC1=CN(c2ccc(O)cc2)CN=C1Nc1ccccc1. The van der Waals surface area contributed by atoms with Gasteiger partial charge < -0.3 is 15.3 Å². The average molecular weight is 279 g/mol. The van der Waals surface area contributed by atoms with E-state index in [1.165, 1.54) is 0 Å². The van der Waals surface area contributed by atoms with Crippen molar-refractivity contribution in [3.8, 4) is 5.75 Å². The zero-order valence-electron chi connectivity index (χ0n) is 11.8. The summed E-state index contributed by atoms with van der Waals surface area (Å²) in [4.78, 5) is 6.63. The van der Waals surface area contributed by atoms with Crippen LogP contribution >= 0.6 is 0 Å². The lowest BCUT2D eigenvalue weighted by Crippen LogP contribution is -2.27. The van der Waals surface area contributed by atoms with Crippen molar-refractivity contribution in [3.05, 3.63) is 66.4 Å². The minimum Gasteiger partial charge on any atom is -0.508 e. The fourth-order valence-corrected chi connectivity index (χ4v) is 2.20. The number of amidine groups is 1. The van der Waals surface area contributed by atoms with Crippen molar-refractivity contribution in [1.82, 2.24) is 0 Å². The Morgan fingerprint density at radius 3 is 2.43 bits per heavy atom. The molecule has 4 nitrogen and oxygen atoms in total. The third-order valence-electron chi connectivity index (χ3n) is 3.32. The molecule has 4 heteroatoms. The molecule has 0 aliphatic carbocycles. The van der Waals surface area contributed by atoms with Crippen molar-refractivity contribution in [2.45, 2.75) is 6.92 Å². The van der Waals surface area contributed by atoms with Crippen molar-refractivity contribution < 1.29 is 5.11 Å². The second kappa shape index (κ2) is 5.71. The van der Waals surface area contributed by atoms with Crippen LogP contribution in [0.25, 0.3) is 0 Å². The Kier molecular flexibility index (Phi) is 3.60. The fourth-order valence-electron chi connectivity index (χ4n) is 2.20. The molecule has 0 amide bonds. The van der Waals surface area contributed by atoms with Crippen LogP contribution in [-0.2, 0) is 0 Å². The van der Waals surface area contributed by atoms with Gasteiger partial charge in [0, 0.05) is 23.1 Å². The van der Waals surface area contributed by atoms with Gasteiger partial charge in [-0.3, -0.25) is 0 Å². The number of aromatic hydroxyl groups is 1. The topological polar surface area (TPSA) is 47.9 Å². The Morgan fingerprint density at radius 1 is 1.05 bits per heavy atom. The van der Waals surface area contributed by atoms with Crippen molar-refractivity contribution >= 4 is 17.2 Å². The largest absolute Gasteiger partial charge is 0.508 e. The van der Waals surface area contributed by atoms with Gasteiger partial charge in [-0.15, -0.1) is 0 Å². The van der Waals surface area contributed by atoms with Crippen LogP contribution in [-0.4, -0.2) is 17.6 Å². The summed E-state index contributed by atoms with van der Waals surface area (Å²) in [7, 11) is 0. The summed E-state index contributed by atoms with van der Waals surface area (Å²) in [5.41, 5.74) is 3.11. The molecule has 0 radical (unpaired) electrons.